The molecule has 2 amide bonds. The van der Waals surface area contributed by atoms with E-state index < -0.39 is 12.0 Å². The summed E-state index contributed by atoms with van der Waals surface area (Å²) >= 11 is 0. The topological polar surface area (TPSA) is 108 Å². The standard InChI is InChI=1S/C20H30N2O5/c1-3-7-17(10-19(25)21-15(2)11-23)20(26)22-18(12-24)14-27-13-16-8-5-4-6-9-16/h3-6,8-9,15,17-18,23-24H,1,7,10-14H2,2H3,(H,21,25)(H,22,26)/t15-,17-,18-/m1/s1. The van der Waals surface area contributed by atoms with Gasteiger partial charge in [0.05, 0.1) is 38.4 Å². The van der Waals surface area contributed by atoms with Crippen LogP contribution in [0.4, 0.5) is 0 Å². The summed E-state index contributed by atoms with van der Waals surface area (Å²) in [5, 5.41) is 23.8. The summed E-state index contributed by atoms with van der Waals surface area (Å²) in [6.45, 7) is 5.40. The van der Waals surface area contributed by atoms with Crippen molar-refractivity contribution in [1.29, 1.82) is 0 Å². The van der Waals surface area contributed by atoms with Crippen molar-refractivity contribution >= 4 is 11.8 Å². The van der Waals surface area contributed by atoms with Crippen LogP contribution in [0.3, 0.4) is 0 Å². The van der Waals surface area contributed by atoms with Gasteiger partial charge in [-0.1, -0.05) is 36.4 Å². The highest BCUT2D eigenvalue weighted by Gasteiger charge is 2.23. The van der Waals surface area contributed by atoms with Gasteiger partial charge in [-0.2, -0.15) is 0 Å². The van der Waals surface area contributed by atoms with Crippen LogP contribution in [0.5, 0.6) is 0 Å². The zero-order valence-electron chi connectivity index (χ0n) is 15.8. The first-order valence-corrected chi connectivity index (χ1v) is 9.04. The van der Waals surface area contributed by atoms with Crippen LogP contribution in [0.2, 0.25) is 0 Å². The van der Waals surface area contributed by atoms with E-state index in [1.807, 2.05) is 30.3 Å². The quantitative estimate of drug-likeness (QED) is 0.379. The van der Waals surface area contributed by atoms with E-state index in [1.54, 1.807) is 13.0 Å². The van der Waals surface area contributed by atoms with E-state index in [1.165, 1.54) is 0 Å². The minimum atomic E-state index is -0.600. The zero-order valence-corrected chi connectivity index (χ0v) is 15.8. The molecule has 0 unspecified atom stereocenters. The molecule has 3 atom stereocenters. The van der Waals surface area contributed by atoms with Crippen LogP contribution in [0, 0.1) is 5.92 Å². The molecule has 0 radical (unpaired) electrons. The second kappa shape index (κ2) is 13.0. The molecule has 0 aliphatic heterocycles. The molecule has 0 saturated carbocycles. The Kier molecular flexibility index (Phi) is 11.0. The summed E-state index contributed by atoms with van der Waals surface area (Å²) in [5.41, 5.74) is 1.000. The Hall–Kier alpha value is -2.22. The van der Waals surface area contributed by atoms with E-state index >= 15 is 0 Å². The van der Waals surface area contributed by atoms with Crippen LogP contribution < -0.4 is 10.6 Å². The van der Waals surface area contributed by atoms with Gasteiger partial charge in [0, 0.05) is 12.5 Å². The first kappa shape index (κ1) is 22.8. The highest BCUT2D eigenvalue weighted by molar-refractivity contribution is 5.86. The molecule has 1 aromatic carbocycles. The number of carbonyl (C=O) groups is 2. The summed E-state index contributed by atoms with van der Waals surface area (Å²) in [6.07, 6.45) is 1.88. The number of benzene rings is 1. The molecule has 0 heterocycles. The molecule has 150 valence electrons. The van der Waals surface area contributed by atoms with Gasteiger partial charge >= 0.3 is 0 Å². The monoisotopic (exact) mass is 378 g/mol. The predicted molar refractivity (Wildman–Crippen MR) is 103 cm³/mol. The number of carbonyl (C=O) groups excluding carboxylic acids is 2. The Balaban J connectivity index is 2.50. The minimum Gasteiger partial charge on any atom is -0.394 e. The Morgan fingerprint density at radius 3 is 2.48 bits per heavy atom. The van der Waals surface area contributed by atoms with Gasteiger partial charge in [-0.15, -0.1) is 6.58 Å². The van der Waals surface area contributed by atoms with Crippen LogP contribution >= 0.6 is 0 Å². The van der Waals surface area contributed by atoms with Crippen molar-refractivity contribution in [2.24, 2.45) is 5.92 Å². The summed E-state index contributed by atoms with van der Waals surface area (Å²) < 4.78 is 5.56. The Labute approximate surface area is 160 Å². The van der Waals surface area contributed by atoms with Crippen molar-refractivity contribution in [3.63, 3.8) is 0 Å². The largest absolute Gasteiger partial charge is 0.394 e. The third-order valence-corrected chi connectivity index (χ3v) is 3.93. The van der Waals surface area contributed by atoms with E-state index in [9.17, 15) is 14.7 Å². The van der Waals surface area contributed by atoms with E-state index in [0.29, 0.717) is 13.0 Å². The molecule has 0 saturated heterocycles. The van der Waals surface area contributed by atoms with Crippen molar-refractivity contribution < 1.29 is 24.5 Å². The van der Waals surface area contributed by atoms with Gasteiger partial charge in [0.1, 0.15) is 0 Å². The molecule has 0 fully saturated rings. The molecule has 0 aliphatic rings. The second-order valence-electron chi connectivity index (χ2n) is 6.47. The molecule has 0 aliphatic carbocycles. The number of ether oxygens (including phenoxy) is 1. The lowest BCUT2D eigenvalue weighted by Crippen LogP contribution is -2.45. The van der Waals surface area contributed by atoms with Crippen molar-refractivity contribution in [2.45, 2.75) is 38.5 Å². The van der Waals surface area contributed by atoms with Crippen LogP contribution in [0.25, 0.3) is 0 Å². The maximum absolute atomic E-state index is 12.5. The van der Waals surface area contributed by atoms with Crippen LogP contribution in [0.15, 0.2) is 43.0 Å². The molecule has 0 bridgehead atoms. The van der Waals surface area contributed by atoms with Gasteiger partial charge < -0.3 is 25.6 Å². The maximum Gasteiger partial charge on any atom is 0.224 e. The Bertz CT molecular complexity index is 579. The maximum atomic E-state index is 12.5. The molecule has 4 N–H and O–H groups in total. The van der Waals surface area contributed by atoms with Gasteiger partial charge in [-0.3, -0.25) is 9.59 Å². The summed E-state index contributed by atoms with van der Waals surface area (Å²) in [6, 6.07) is 8.66. The molecule has 7 heteroatoms. The van der Waals surface area contributed by atoms with Crippen molar-refractivity contribution in [1.82, 2.24) is 10.6 Å². The fraction of sp³-hybridized carbons (Fsp3) is 0.500. The number of rotatable bonds is 13. The number of aliphatic hydroxyl groups is 2. The number of amides is 2. The predicted octanol–water partition coefficient (Wildman–Crippen LogP) is 0.760. The third kappa shape index (κ3) is 9.33. The molecular formula is C20H30N2O5. The summed E-state index contributed by atoms with van der Waals surface area (Å²) in [7, 11) is 0. The highest BCUT2D eigenvalue weighted by Crippen LogP contribution is 2.11. The van der Waals surface area contributed by atoms with E-state index in [4.69, 9.17) is 9.84 Å². The van der Waals surface area contributed by atoms with Crippen LogP contribution in [-0.4, -0.2) is 53.9 Å². The summed E-state index contributed by atoms with van der Waals surface area (Å²) in [5.74, 6) is -1.26. The van der Waals surface area contributed by atoms with Crippen LogP contribution in [0.1, 0.15) is 25.3 Å². The molecule has 1 rings (SSSR count). The number of allylic oxidation sites excluding steroid dienone is 1. The molecule has 1 aromatic rings. The van der Waals surface area contributed by atoms with E-state index in [-0.39, 0.29) is 44.1 Å². The van der Waals surface area contributed by atoms with E-state index in [2.05, 4.69) is 17.2 Å². The lowest BCUT2D eigenvalue weighted by molar-refractivity contribution is -0.131. The average molecular weight is 378 g/mol. The van der Waals surface area contributed by atoms with Crippen molar-refractivity contribution in [2.75, 3.05) is 19.8 Å². The first-order chi connectivity index (χ1) is 13.0. The number of hydrogen-bond acceptors (Lipinski definition) is 5. The van der Waals surface area contributed by atoms with Gasteiger partial charge in [-0.25, -0.2) is 0 Å². The Morgan fingerprint density at radius 2 is 1.89 bits per heavy atom. The molecule has 7 nitrogen and oxygen atoms in total. The lowest BCUT2D eigenvalue weighted by atomic mass is 9.99. The lowest BCUT2D eigenvalue weighted by Gasteiger charge is -2.21. The average Bonchev–Trinajstić information content (AvgIpc) is 2.67. The molecular weight excluding hydrogens is 348 g/mol. The normalized spacial score (nSPS) is 14.0. The fourth-order valence-corrected chi connectivity index (χ4v) is 2.44. The third-order valence-electron chi connectivity index (χ3n) is 3.93. The van der Waals surface area contributed by atoms with Gasteiger partial charge in [-0.05, 0) is 18.9 Å². The van der Waals surface area contributed by atoms with Gasteiger partial charge in [0.25, 0.3) is 0 Å². The molecule has 27 heavy (non-hydrogen) atoms. The van der Waals surface area contributed by atoms with Crippen molar-refractivity contribution in [3.8, 4) is 0 Å². The summed E-state index contributed by atoms with van der Waals surface area (Å²) in [4.78, 5) is 24.4. The van der Waals surface area contributed by atoms with Gasteiger partial charge in [0.2, 0.25) is 11.8 Å². The van der Waals surface area contributed by atoms with Crippen molar-refractivity contribution in [3.05, 3.63) is 48.6 Å². The Morgan fingerprint density at radius 1 is 1.19 bits per heavy atom. The molecule has 0 spiro atoms. The smallest absolute Gasteiger partial charge is 0.224 e. The molecule has 0 aromatic heterocycles. The number of nitrogens with one attached hydrogen (secondary N) is 2. The number of aliphatic hydroxyl groups excluding tert-OH is 2. The van der Waals surface area contributed by atoms with E-state index in [0.717, 1.165) is 5.56 Å². The SMILES string of the molecule is C=CC[C@H](CC(=O)N[C@H](C)CO)C(=O)N[C@H](CO)COCc1ccccc1. The minimum absolute atomic E-state index is 0.0226. The second-order valence-corrected chi connectivity index (χ2v) is 6.47. The number of hydrogen-bond donors (Lipinski definition) is 4. The van der Waals surface area contributed by atoms with Crippen LogP contribution in [-0.2, 0) is 20.9 Å². The first-order valence-electron chi connectivity index (χ1n) is 9.04. The van der Waals surface area contributed by atoms with Gasteiger partial charge in [0.15, 0.2) is 0 Å². The highest BCUT2D eigenvalue weighted by atomic mass is 16.5. The zero-order chi connectivity index (χ0) is 20.1. The fourth-order valence-electron chi connectivity index (χ4n) is 2.44.